The molecule has 0 bridgehead atoms. The van der Waals surface area contributed by atoms with Gasteiger partial charge in [-0.15, -0.1) is 11.8 Å². The van der Waals surface area contributed by atoms with Gasteiger partial charge in [0.2, 0.25) is 5.43 Å². The van der Waals surface area contributed by atoms with Crippen molar-refractivity contribution in [2.24, 2.45) is 5.92 Å². The molecule has 1 saturated carbocycles. The zero-order valence-corrected chi connectivity index (χ0v) is 18.5. The Labute approximate surface area is 183 Å². The first kappa shape index (κ1) is 20.8. The molecule has 10 heteroatoms. The van der Waals surface area contributed by atoms with Crippen molar-refractivity contribution in [3.8, 4) is 5.75 Å². The number of hydrogen-bond donors (Lipinski definition) is 2. The Morgan fingerprint density at radius 3 is 2.65 bits per heavy atom. The Hall–Kier alpha value is -2.04. The summed E-state index contributed by atoms with van der Waals surface area (Å²) in [5, 5.41) is 20.1. The van der Waals surface area contributed by atoms with Gasteiger partial charge in [0.25, 0.3) is 0 Å². The summed E-state index contributed by atoms with van der Waals surface area (Å²) in [5.41, 5.74) is 0.399. The molecule has 2 saturated heterocycles. The van der Waals surface area contributed by atoms with Crippen molar-refractivity contribution in [2.75, 3.05) is 12.9 Å². The second-order valence-corrected chi connectivity index (χ2v) is 12.4. The lowest BCUT2D eigenvalue weighted by Crippen LogP contribution is -2.35. The van der Waals surface area contributed by atoms with Gasteiger partial charge in [-0.05, 0) is 31.7 Å². The number of aromatic carboxylic acids is 1. The van der Waals surface area contributed by atoms with E-state index in [1.807, 2.05) is 4.57 Å². The minimum atomic E-state index is -3.27. The highest BCUT2D eigenvalue weighted by atomic mass is 32.3. The average molecular weight is 466 g/mol. The molecular weight excluding hydrogens is 442 g/mol. The molecule has 1 aromatic heterocycles. The first-order valence-electron chi connectivity index (χ1n) is 10.3. The fourth-order valence-corrected chi connectivity index (χ4v) is 9.42. The van der Waals surface area contributed by atoms with Crippen molar-refractivity contribution in [2.45, 2.75) is 47.7 Å². The third kappa shape index (κ3) is 3.27. The Balaban J connectivity index is 1.69. The predicted molar refractivity (Wildman–Crippen MR) is 117 cm³/mol. The second-order valence-electron chi connectivity index (χ2n) is 8.52. The standard InChI is InChI=1S/C21H23NO7S2/c1-29-19-12(16-8-15(23)11-6-7-31(27,28)21(11)30-16)4-5-13-17(19)22(10-2-3-10)9-14(18(13)24)20(25)26/h4-5,9-11,15-16,21,23H,2-3,6-8H2,1H3,(H,25,26). The number of aromatic nitrogens is 1. The molecule has 0 amide bonds. The number of nitrogens with zero attached hydrogens (tertiary/aromatic N) is 1. The van der Waals surface area contributed by atoms with E-state index in [0.717, 1.165) is 18.4 Å². The Morgan fingerprint density at radius 2 is 2.00 bits per heavy atom. The van der Waals surface area contributed by atoms with Crippen molar-refractivity contribution in [3.63, 3.8) is 0 Å². The first-order chi connectivity index (χ1) is 14.7. The van der Waals surface area contributed by atoms with Crippen molar-refractivity contribution < 1.29 is 28.2 Å². The molecule has 2 N–H and O–H groups in total. The van der Waals surface area contributed by atoms with Crippen LogP contribution in [0.4, 0.5) is 0 Å². The van der Waals surface area contributed by atoms with Crippen LogP contribution < -0.4 is 10.2 Å². The number of carbonyl (C=O) groups is 1. The number of thioether (sulfide) groups is 1. The van der Waals surface area contributed by atoms with Crippen LogP contribution in [-0.4, -0.2) is 52.7 Å². The summed E-state index contributed by atoms with van der Waals surface area (Å²) in [6.07, 6.45) is 3.28. The molecule has 8 nitrogen and oxygen atoms in total. The number of aliphatic hydroxyl groups excluding tert-OH is 1. The molecule has 3 heterocycles. The second kappa shape index (κ2) is 7.25. The molecule has 0 radical (unpaired) electrons. The van der Waals surface area contributed by atoms with Gasteiger partial charge in [-0.1, -0.05) is 6.07 Å². The maximum absolute atomic E-state index is 12.8. The number of rotatable bonds is 4. The molecule has 3 fully saturated rings. The maximum Gasteiger partial charge on any atom is 0.341 e. The van der Waals surface area contributed by atoms with Gasteiger partial charge in [-0.3, -0.25) is 4.79 Å². The SMILES string of the molecule is COc1c(C2CC(O)C3CCS(=O)(=O)C3S2)ccc2c(=O)c(C(=O)O)cn(C3CC3)c12. The summed E-state index contributed by atoms with van der Waals surface area (Å²) in [7, 11) is -1.78. The van der Waals surface area contributed by atoms with Gasteiger partial charge >= 0.3 is 5.97 Å². The van der Waals surface area contributed by atoms with E-state index in [9.17, 15) is 28.2 Å². The van der Waals surface area contributed by atoms with Crippen molar-refractivity contribution in [1.29, 1.82) is 0 Å². The zero-order valence-electron chi connectivity index (χ0n) is 16.9. The van der Waals surface area contributed by atoms with Crippen LogP contribution >= 0.6 is 11.8 Å². The van der Waals surface area contributed by atoms with E-state index < -0.39 is 31.9 Å². The highest BCUT2D eigenvalue weighted by Gasteiger charge is 2.49. The monoisotopic (exact) mass is 465 g/mol. The van der Waals surface area contributed by atoms with Crippen LogP contribution in [0.5, 0.6) is 5.75 Å². The fourth-order valence-electron chi connectivity index (χ4n) is 4.88. The number of carboxylic acid groups (broad SMARTS) is 1. The first-order valence-corrected chi connectivity index (χ1v) is 12.9. The van der Waals surface area contributed by atoms with Crippen LogP contribution in [0.2, 0.25) is 0 Å². The highest BCUT2D eigenvalue weighted by Crippen LogP contribution is 2.54. The summed E-state index contributed by atoms with van der Waals surface area (Å²) in [6.45, 7) is 0. The molecular formula is C21H23NO7S2. The van der Waals surface area contributed by atoms with Crippen LogP contribution in [0.25, 0.3) is 10.9 Å². The molecule has 3 aliphatic rings. The number of pyridine rings is 1. The largest absolute Gasteiger partial charge is 0.494 e. The van der Waals surface area contributed by atoms with Gasteiger partial charge in [0.15, 0.2) is 9.84 Å². The number of methoxy groups -OCH3 is 1. The number of aliphatic hydroxyl groups is 1. The average Bonchev–Trinajstić information content (AvgIpc) is 3.52. The predicted octanol–water partition coefficient (Wildman–Crippen LogP) is 2.34. The number of carboxylic acids is 1. The van der Waals surface area contributed by atoms with Crippen molar-refractivity contribution in [1.82, 2.24) is 4.57 Å². The van der Waals surface area contributed by atoms with E-state index in [-0.39, 0.29) is 33.9 Å². The number of hydrogen-bond acceptors (Lipinski definition) is 7. The van der Waals surface area contributed by atoms with E-state index in [1.165, 1.54) is 25.1 Å². The minimum Gasteiger partial charge on any atom is -0.494 e. The molecule has 5 rings (SSSR count). The van der Waals surface area contributed by atoms with Crippen LogP contribution in [0.1, 0.15) is 52.9 Å². The van der Waals surface area contributed by atoms with Gasteiger partial charge in [0.1, 0.15) is 15.9 Å². The lowest BCUT2D eigenvalue weighted by atomic mass is 9.93. The van der Waals surface area contributed by atoms with Crippen molar-refractivity contribution in [3.05, 3.63) is 39.7 Å². The Bertz CT molecular complexity index is 1250. The summed E-state index contributed by atoms with van der Waals surface area (Å²) in [5.74, 6) is -1.00. The normalized spacial score (nSPS) is 29.6. The summed E-state index contributed by atoms with van der Waals surface area (Å²) in [6, 6.07) is 3.40. The number of benzene rings is 1. The molecule has 2 aromatic rings. The molecule has 4 unspecified atom stereocenters. The molecule has 4 atom stereocenters. The van der Waals surface area contributed by atoms with E-state index >= 15 is 0 Å². The summed E-state index contributed by atoms with van der Waals surface area (Å²) in [4.78, 5) is 24.4. The summed E-state index contributed by atoms with van der Waals surface area (Å²) < 4.78 is 31.9. The van der Waals surface area contributed by atoms with Crippen LogP contribution in [-0.2, 0) is 9.84 Å². The lowest BCUT2D eigenvalue weighted by molar-refractivity contribution is 0.0694. The molecule has 166 valence electrons. The topological polar surface area (TPSA) is 123 Å². The highest BCUT2D eigenvalue weighted by molar-refractivity contribution is 8.13. The lowest BCUT2D eigenvalue weighted by Gasteiger charge is -2.35. The van der Waals surface area contributed by atoms with Crippen LogP contribution in [0.3, 0.4) is 0 Å². The fraction of sp³-hybridized carbons (Fsp3) is 0.524. The molecule has 0 spiro atoms. The van der Waals surface area contributed by atoms with E-state index in [2.05, 4.69) is 0 Å². The number of ether oxygens (including phenoxy) is 1. The van der Waals surface area contributed by atoms with Gasteiger partial charge in [-0.25, -0.2) is 13.2 Å². The third-order valence-corrected chi connectivity index (χ3v) is 11.1. The zero-order chi connectivity index (χ0) is 22.1. The van der Waals surface area contributed by atoms with Gasteiger partial charge < -0.3 is 19.5 Å². The molecule has 31 heavy (non-hydrogen) atoms. The Kier molecular flexibility index (Phi) is 4.87. The van der Waals surface area contributed by atoms with Crippen LogP contribution in [0, 0.1) is 5.92 Å². The van der Waals surface area contributed by atoms with Gasteiger partial charge in [0, 0.05) is 29.0 Å². The van der Waals surface area contributed by atoms with E-state index in [0.29, 0.717) is 24.1 Å². The quantitative estimate of drug-likeness (QED) is 0.705. The van der Waals surface area contributed by atoms with E-state index in [4.69, 9.17) is 4.74 Å². The minimum absolute atomic E-state index is 0.0904. The van der Waals surface area contributed by atoms with E-state index in [1.54, 1.807) is 12.1 Å². The smallest absolute Gasteiger partial charge is 0.341 e. The van der Waals surface area contributed by atoms with Gasteiger partial charge in [0.05, 0.1) is 29.9 Å². The number of sulfone groups is 1. The third-order valence-electron chi connectivity index (χ3n) is 6.59. The van der Waals surface area contributed by atoms with Gasteiger partial charge in [-0.2, -0.15) is 0 Å². The summed E-state index contributed by atoms with van der Waals surface area (Å²) >= 11 is 1.34. The van der Waals surface area contributed by atoms with Crippen molar-refractivity contribution >= 4 is 38.5 Å². The Morgan fingerprint density at radius 1 is 1.26 bits per heavy atom. The number of fused-ring (bicyclic) bond motifs is 2. The molecule has 1 aliphatic carbocycles. The molecule has 1 aromatic carbocycles. The molecule has 2 aliphatic heterocycles. The maximum atomic E-state index is 12.8. The van der Waals surface area contributed by atoms with Crippen LogP contribution in [0.15, 0.2) is 23.1 Å².